The molecule has 4 fully saturated rings. The van der Waals surface area contributed by atoms with Crippen LogP contribution >= 0.6 is 0 Å². The fraction of sp³-hybridized carbons (Fsp3) is 0.958. The molecule has 0 unspecified atom stereocenters. The van der Waals surface area contributed by atoms with E-state index < -0.39 is 0 Å². The molecule has 1 heterocycles. The molecule has 1 aliphatic heterocycles. The maximum Gasteiger partial charge on any atom is 0.462 e. The average Bonchev–Trinajstić information content (AvgIpc) is 3.16. The largest absolute Gasteiger partial charge is 0.462 e. The molecule has 1 saturated heterocycles. The van der Waals surface area contributed by atoms with Crippen LogP contribution in [0, 0.1) is 34.5 Å². The highest BCUT2D eigenvalue weighted by molar-refractivity contribution is 6.48. The molecule has 28 heavy (non-hydrogen) atoms. The monoisotopic (exact) mass is 385 g/mol. The fourth-order valence-corrected chi connectivity index (χ4v) is 6.91. The molecule has 3 nitrogen and oxygen atoms in total. The Morgan fingerprint density at radius 1 is 0.929 bits per heavy atom. The highest BCUT2D eigenvalue weighted by Crippen LogP contribution is 2.60. The summed E-state index contributed by atoms with van der Waals surface area (Å²) in [4.78, 5) is 0. The van der Waals surface area contributed by atoms with Crippen molar-refractivity contribution in [2.24, 2.45) is 23.2 Å². The maximum atomic E-state index is 9.89. The van der Waals surface area contributed by atoms with Crippen LogP contribution in [0.1, 0.15) is 104 Å². The Morgan fingerprint density at radius 2 is 1.46 bits per heavy atom. The Bertz CT molecular complexity index is 525. The molecule has 0 bridgehead atoms. The molecule has 0 aromatic rings. The van der Waals surface area contributed by atoms with E-state index in [-0.39, 0.29) is 30.6 Å². The molecular formula is C24H40BNO2. The third-order valence-electron chi connectivity index (χ3n) is 8.54. The molecule has 156 valence electrons. The number of hydrogen-bond acceptors (Lipinski definition) is 3. The van der Waals surface area contributed by atoms with Crippen molar-refractivity contribution in [1.82, 2.24) is 0 Å². The Balaban J connectivity index is 1.51. The second-order valence-corrected chi connectivity index (χ2v) is 10.5. The van der Waals surface area contributed by atoms with E-state index in [0.717, 1.165) is 6.42 Å². The van der Waals surface area contributed by atoms with Gasteiger partial charge in [-0.05, 0) is 56.8 Å². The van der Waals surface area contributed by atoms with Gasteiger partial charge >= 0.3 is 7.12 Å². The van der Waals surface area contributed by atoms with Gasteiger partial charge in [-0.2, -0.15) is 5.26 Å². The second-order valence-electron chi connectivity index (χ2n) is 10.5. The molecular weight excluding hydrogens is 345 g/mol. The Morgan fingerprint density at radius 3 is 1.93 bits per heavy atom. The SMILES string of the molecule is CCCC[C@H]1C[C@@](C)(C#N)[C@@H]1B1O[C@H](C2CCCCC2)[C@@H](C2CCCCC2)O1. The average molecular weight is 385 g/mol. The Labute approximate surface area is 173 Å². The minimum absolute atomic E-state index is 0.140. The van der Waals surface area contributed by atoms with Crippen LogP contribution in [0.15, 0.2) is 0 Å². The lowest BCUT2D eigenvalue weighted by Crippen LogP contribution is -2.49. The zero-order valence-corrected chi connectivity index (χ0v) is 18.2. The highest BCUT2D eigenvalue weighted by Gasteiger charge is 2.61. The molecule has 0 N–H and O–H groups in total. The predicted molar refractivity (Wildman–Crippen MR) is 114 cm³/mol. The van der Waals surface area contributed by atoms with E-state index >= 15 is 0 Å². The molecule has 0 spiro atoms. The van der Waals surface area contributed by atoms with E-state index in [4.69, 9.17) is 9.31 Å². The first-order valence-electron chi connectivity index (χ1n) is 12.4. The number of hydrogen-bond donors (Lipinski definition) is 0. The van der Waals surface area contributed by atoms with Crippen molar-refractivity contribution in [2.45, 2.75) is 122 Å². The molecule has 0 aromatic carbocycles. The van der Waals surface area contributed by atoms with Crippen LogP contribution in [0.3, 0.4) is 0 Å². The van der Waals surface area contributed by atoms with E-state index in [2.05, 4.69) is 19.9 Å². The summed E-state index contributed by atoms with van der Waals surface area (Å²) in [6.07, 6.45) is 18.7. The first kappa shape index (κ1) is 20.7. The van der Waals surface area contributed by atoms with Gasteiger partial charge < -0.3 is 9.31 Å². The third-order valence-corrected chi connectivity index (χ3v) is 8.54. The van der Waals surface area contributed by atoms with Gasteiger partial charge in [0.1, 0.15) is 0 Å². The van der Waals surface area contributed by atoms with Gasteiger partial charge in [0.25, 0.3) is 0 Å². The van der Waals surface area contributed by atoms with Crippen molar-refractivity contribution in [3.05, 3.63) is 0 Å². The molecule has 4 rings (SSSR count). The van der Waals surface area contributed by atoms with Crippen LogP contribution in [0.4, 0.5) is 0 Å². The quantitative estimate of drug-likeness (QED) is 0.488. The van der Waals surface area contributed by atoms with Crippen molar-refractivity contribution in [1.29, 1.82) is 5.26 Å². The van der Waals surface area contributed by atoms with Crippen molar-refractivity contribution < 1.29 is 9.31 Å². The highest BCUT2D eigenvalue weighted by atomic mass is 16.7. The van der Waals surface area contributed by atoms with Crippen molar-refractivity contribution in [3.8, 4) is 6.07 Å². The zero-order chi connectivity index (χ0) is 19.6. The topological polar surface area (TPSA) is 42.2 Å². The van der Waals surface area contributed by atoms with Gasteiger partial charge in [-0.3, -0.25) is 0 Å². The van der Waals surface area contributed by atoms with Crippen LogP contribution in [0.5, 0.6) is 0 Å². The summed E-state index contributed by atoms with van der Waals surface area (Å²) in [7, 11) is -0.140. The number of rotatable bonds is 6. The van der Waals surface area contributed by atoms with Gasteiger partial charge in [0, 0.05) is 5.82 Å². The van der Waals surface area contributed by atoms with Gasteiger partial charge in [0.05, 0.1) is 23.7 Å². The standard InChI is InChI=1S/C24H40BNO2/c1-3-4-11-20-16-24(2,17-26)23(20)25-27-21(18-12-7-5-8-13-18)22(28-25)19-14-9-6-10-15-19/h18-23H,3-16H2,1-2H3/t20-,21+,22+,23+,24-/m0/s1. The Hall–Kier alpha value is -0.525. The summed E-state index contributed by atoms with van der Waals surface area (Å²) in [6.45, 7) is 4.41. The van der Waals surface area contributed by atoms with E-state index in [0.29, 0.717) is 17.8 Å². The molecule has 5 atom stereocenters. The zero-order valence-electron chi connectivity index (χ0n) is 18.2. The molecule has 0 radical (unpaired) electrons. The fourth-order valence-electron chi connectivity index (χ4n) is 6.91. The third kappa shape index (κ3) is 4.04. The van der Waals surface area contributed by atoms with Gasteiger partial charge in [-0.1, -0.05) is 64.7 Å². The van der Waals surface area contributed by atoms with Gasteiger partial charge in [-0.25, -0.2) is 0 Å². The van der Waals surface area contributed by atoms with Crippen LogP contribution in [-0.4, -0.2) is 19.3 Å². The smallest absolute Gasteiger partial charge is 0.405 e. The lowest BCUT2D eigenvalue weighted by atomic mass is 9.41. The molecule has 0 aromatic heterocycles. The first-order chi connectivity index (χ1) is 13.7. The predicted octanol–water partition coefficient (Wildman–Crippen LogP) is 6.53. The van der Waals surface area contributed by atoms with E-state index in [1.807, 2.05) is 0 Å². The molecule has 0 amide bonds. The number of nitrogens with zero attached hydrogens (tertiary/aromatic N) is 1. The number of nitriles is 1. The van der Waals surface area contributed by atoms with Crippen LogP contribution in [0.2, 0.25) is 5.82 Å². The lowest BCUT2D eigenvalue weighted by Gasteiger charge is -2.50. The van der Waals surface area contributed by atoms with Gasteiger partial charge in [0.15, 0.2) is 0 Å². The second kappa shape index (κ2) is 9.09. The van der Waals surface area contributed by atoms with E-state index in [1.165, 1.54) is 83.5 Å². The molecule has 4 heteroatoms. The van der Waals surface area contributed by atoms with Gasteiger partial charge in [-0.15, -0.1) is 0 Å². The summed E-state index contributed by atoms with van der Waals surface area (Å²) < 4.78 is 13.6. The van der Waals surface area contributed by atoms with Crippen LogP contribution in [0.25, 0.3) is 0 Å². The minimum Gasteiger partial charge on any atom is -0.405 e. The summed E-state index contributed by atoms with van der Waals surface area (Å²) >= 11 is 0. The van der Waals surface area contributed by atoms with Crippen molar-refractivity contribution >= 4 is 7.12 Å². The van der Waals surface area contributed by atoms with E-state index in [9.17, 15) is 5.26 Å². The normalized spacial score (nSPS) is 40.2. The lowest BCUT2D eigenvalue weighted by molar-refractivity contribution is 0.0324. The summed E-state index contributed by atoms with van der Waals surface area (Å²) in [5, 5.41) is 9.89. The van der Waals surface area contributed by atoms with Crippen LogP contribution < -0.4 is 0 Å². The number of unbranched alkanes of at least 4 members (excludes halogenated alkanes) is 1. The first-order valence-corrected chi connectivity index (χ1v) is 12.4. The van der Waals surface area contributed by atoms with Crippen LogP contribution in [-0.2, 0) is 9.31 Å². The molecule has 3 saturated carbocycles. The van der Waals surface area contributed by atoms with Crippen molar-refractivity contribution in [2.75, 3.05) is 0 Å². The molecule has 3 aliphatic carbocycles. The maximum absolute atomic E-state index is 9.89. The van der Waals surface area contributed by atoms with Crippen molar-refractivity contribution in [3.63, 3.8) is 0 Å². The van der Waals surface area contributed by atoms with E-state index in [1.54, 1.807) is 0 Å². The minimum atomic E-state index is -0.262. The summed E-state index contributed by atoms with van der Waals surface area (Å²) in [5.41, 5.74) is -0.262. The summed E-state index contributed by atoms with van der Waals surface area (Å²) in [5.74, 6) is 2.22. The summed E-state index contributed by atoms with van der Waals surface area (Å²) in [6, 6.07) is 2.64. The molecule has 4 aliphatic rings. The Kier molecular flexibility index (Phi) is 6.73. The van der Waals surface area contributed by atoms with Gasteiger partial charge in [0.2, 0.25) is 0 Å².